The van der Waals surface area contributed by atoms with E-state index >= 15 is 0 Å². The summed E-state index contributed by atoms with van der Waals surface area (Å²) in [7, 11) is 1.57. The number of carbonyl (C=O) groups is 2. The van der Waals surface area contributed by atoms with Gasteiger partial charge in [-0.15, -0.1) is 0 Å². The minimum Gasteiger partial charge on any atom is -0.507 e. The van der Waals surface area contributed by atoms with Crippen molar-refractivity contribution in [1.82, 2.24) is 9.88 Å². The Balaban J connectivity index is 1.89. The zero-order chi connectivity index (χ0) is 22.1. The predicted octanol–water partition coefficient (Wildman–Crippen LogP) is 3.92. The highest BCUT2D eigenvalue weighted by Crippen LogP contribution is 2.41. The molecule has 0 radical (unpaired) electrons. The van der Waals surface area contributed by atoms with Gasteiger partial charge < -0.3 is 19.2 Å². The Morgan fingerprint density at radius 1 is 1.16 bits per heavy atom. The van der Waals surface area contributed by atoms with Gasteiger partial charge in [0.2, 0.25) is 0 Å². The molecule has 3 heterocycles. The Bertz CT molecular complexity index is 1170. The van der Waals surface area contributed by atoms with Crippen LogP contribution in [0.5, 0.6) is 5.75 Å². The van der Waals surface area contributed by atoms with Gasteiger partial charge in [-0.1, -0.05) is 0 Å². The maximum absolute atomic E-state index is 13.1. The quantitative estimate of drug-likeness (QED) is 0.384. The van der Waals surface area contributed by atoms with Crippen molar-refractivity contribution in [3.05, 3.63) is 88.6 Å². The van der Waals surface area contributed by atoms with Gasteiger partial charge in [-0.05, 0) is 66.9 Å². The van der Waals surface area contributed by atoms with Gasteiger partial charge in [-0.2, -0.15) is 0 Å². The third-order valence-electron chi connectivity index (χ3n) is 5.47. The van der Waals surface area contributed by atoms with Gasteiger partial charge in [-0.25, -0.2) is 0 Å². The van der Waals surface area contributed by atoms with E-state index in [4.69, 9.17) is 9.15 Å². The minimum absolute atomic E-state index is 0.0374. The Labute approximate surface area is 179 Å². The summed E-state index contributed by atoms with van der Waals surface area (Å²) in [6.07, 6.45) is 4.69. The maximum atomic E-state index is 13.1. The first-order valence-electron chi connectivity index (χ1n) is 9.78. The average Bonchev–Trinajstić information content (AvgIpc) is 3.37. The Morgan fingerprint density at radius 2 is 1.90 bits per heavy atom. The van der Waals surface area contributed by atoms with Gasteiger partial charge in [0.25, 0.3) is 11.7 Å². The van der Waals surface area contributed by atoms with Crippen LogP contribution in [0.2, 0.25) is 0 Å². The van der Waals surface area contributed by atoms with Crippen molar-refractivity contribution in [3.8, 4) is 5.75 Å². The summed E-state index contributed by atoms with van der Waals surface area (Å²) in [6, 6.07) is 9.69. The fourth-order valence-electron chi connectivity index (χ4n) is 3.92. The predicted molar refractivity (Wildman–Crippen MR) is 113 cm³/mol. The van der Waals surface area contributed by atoms with Crippen LogP contribution in [0.4, 0.5) is 0 Å². The molecule has 1 unspecified atom stereocenters. The topological polar surface area (TPSA) is 92.9 Å². The number of aliphatic hydroxyl groups excluding tert-OH is 1. The number of likely N-dealkylation sites (tertiary alicyclic amines) is 1. The van der Waals surface area contributed by atoms with Crippen molar-refractivity contribution in [1.29, 1.82) is 0 Å². The molecule has 1 aromatic carbocycles. The monoisotopic (exact) mass is 418 g/mol. The molecule has 0 spiro atoms. The van der Waals surface area contributed by atoms with Gasteiger partial charge in [0, 0.05) is 18.0 Å². The second-order valence-corrected chi connectivity index (χ2v) is 7.42. The molecule has 4 rings (SSSR count). The molecule has 7 nitrogen and oxygen atoms in total. The van der Waals surface area contributed by atoms with Crippen molar-refractivity contribution >= 4 is 17.4 Å². The Hall–Kier alpha value is -3.87. The van der Waals surface area contributed by atoms with E-state index in [1.54, 1.807) is 55.9 Å². The molecule has 1 N–H and O–H groups in total. The van der Waals surface area contributed by atoms with Crippen LogP contribution in [-0.2, 0) is 16.1 Å². The molecule has 3 aromatic rings. The number of aliphatic hydroxyl groups is 1. The molecule has 1 amide bonds. The molecule has 2 aromatic heterocycles. The number of ketones is 1. The molecule has 0 saturated carbocycles. The number of methoxy groups -OCH3 is 1. The Kier molecular flexibility index (Phi) is 5.33. The minimum atomic E-state index is -0.769. The van der Waals surface area contributed by atoms with Crippen LogP contribution < -0.4 is 4.74 Å². The number of rotatable bonds is 5. The lowest BCUT2D eigenvalue weighted by Gasteiger charge is -2.24. The molecule has 31 heavy (non-hydrogen) atoms. The first-order chi connectivity index (χ1) is 14.9. The van der Waals surface area contributed by atoms with Gasteiger partial charge in [0.1, 0.15) is 17.3 Å². The molecule has 1 atom stereocenters. The molecule has 1 saturated heterocycles. The molecule has 1 aliphatic rings. The van der Waals surface area contributed by atoms with Gasteiger partial charge >= 0.3 is 0 Å². The van der Waals surface area contributed by atoms with Crippen LogP contribution in [0, 0.1) is 13.8 Å². The maximum Gasteiger partial charge on any atom is 0.296 e. The van der Waals surface area contributed by atoms with Gasteiger partial charge in [0.05, 0.1) is 31.5 Å². The summed E-state index contributed by atoms with van der Waals surface area (Å²) >= 11 is 0. The van der Waals surface area contributed by atoms with Crippen LogP contribution in [0.1, 0.15) is 34.1 Å². The summed E-state index contributed by atoms with van der Waals surface area (Å²) in [5, 5.41) is 11.3. The normalized spacial score (nSPS) is 17.9. The Morgan fingerprint density at radius 3 is 2.55 bits per heavy atom. The summed E-state index contributed by atoms with van der Waals surface area (Å²) in [5.74, 6) is -0.429. The van der Waals surface area contributed by atoms with Crippen molar-refractivity contribution in [3.63, 3.8) is 0 Å². The largest absolute Gasteiger partial charge is 0.507 e. The molecule has 1 aliphatic heterocycles. The highest BCUT2D eigenvalue weighted by atomic mass is 16.5. The van der Waals surface area contributed by atoms with Gasteiger partial charge in [-0.3, -0.25) is 14.6 Å². The highest BCUT2D eigenvalue weighted by Gasteiger charge is 2.46. The number of nitrogens with zero attached hydrogens (tertiary/aromatic N) is 2. The zero-order valence-corrected chi connectivity index (χ0v) is 17.5. The fraction of sp³-hybridized carbons (Fsp3) is 0.208. The number of hydrogen-bond acceptors (Lipinski definition) is 6. The summed E-state index contributed by atoms with van der Waals surface area (Å²) < 4.78 is 10.7. The molecule has 1 fully saturated rings. The third-order valence-corrected chi connectivity index (χ3v) is 5.47. The number of pyridine rings is 1. The molecule has 0 bridgehead atoms. The number of carbonyl (C=O) groups excluding carboxylic acids is 2. The van der Waals surface area contributed by atoms with Crippen LogP contribution in [-0.4, -0.2) is 33.8 Å². The van der Waals surface area contributed by atoms with Crippen LogP contribution in [0.25, 0.3) is 5.76 Å². The number of furan rings is 1. The fourth-order valence-corrected chi connectivity index (χ4v) is 3.92. The number of amides is 1. The molecule has 7 heteroatoms. The smallest absolute Gasteiger partial charge is 0.296 e. The standard InChI is InChI=1S/C24H22N2O5/c1-14-12-19(30-3)15(2)11-18(14)22(27)20-21(16-6-8-25-9-7-16)26(24(29)23(20)28)13-17-5-4-10-31-17/h4-12,21,27H,13H2,1-3H3/b22-20+. The highest BCUT2D eigenvalue weighted by molar-refractivity contribution is 6.46. The van der Waals surface area contributed by atoms with E-state index in [1.165, 1.54) is 11.2 Å². The van der Waals surface area contributed by atoms with Crippen molar-refractivity contribution in [2.45, 2.75) is 26.4 Å². The van der Waals surface area contributed by atoms with Crippen molar-refractivity contribution < 1.29 is 23.8 Å². The van der Waals surface area contributed by atoms with Gasteiger partial charge in [0.15, 0.2) is 0 Å². The van der Waals surface area contributed by atoms with Crippen LogP contribution in [0.3, 0.4) is 0 Å². The first-order valence-corrected chi connectivity index (χ1v) is 9.78. The van der Waals surface area contributed by atoms with E-state index in [1.807, 2.05) is 13.8 Å². The summed E-state index contributed by atoms with van der Waals surface area (Å²) in [5.41, 5.74) is 2.72. The molecular formula is C24H22N2O5. The first kappa shape index (κ1) is 20.4. The number of ether oxygens (including phenoxy) is 1. The van der Waals surface area contributed by atoms with Crippen molar-refractivity contribution in [2.24, 2.45) is 0 Å². The molecule has 158 valence electrons. The number of Topliss-reactive ketones (excluding diaryl/α,β-unsaturated/α-hetero) is 1. The third kappa shape index (κ3) is 3.59. The van der Waals surface area contributed by atoms with Crippen molar-refractivity contribution in [2.75, 3.05) is 7.11 Å². The van der Waals surface area contributed by atoms with Crippen LogP contribution in [0.15, 0.2) is 65.0 Å². The second kappa shape index (κ2) is 8.10. The lowest BCUT2D eigenvalue weighted by Crippen LogP contribution is -2.29. The van der Waals surface area contributed by atoms with E-state index in [-0.39, 0.29) is 17.9 Å². The summed E-state index contributed by atoms with van der Waals surface area (Å²) in [4.78, 5) is 31.5. The van der Waals surface area contributed by atoms with Crippen LogP contribution >= 0.6 is 0 Å². The van der Waals surface area contributed by atoms with E-state index in [0.29, 0.717) is 22.6 Å². The summed E-state index contributed by atoms with van der Waals surface area (Å²) in [6.45, 7) is 3.77. The molecular weight excluding hydrogens is 396 g/mol. The lowest BCUT2D eigenvalue weighted by atomic mass is 9.93. The number of benzene rings is 1. The second-order valence-electron chi connectivity index (χ2n) is 7.42. The van der Waals surface area contributed by atoms with E-state index in [2.05, 4.69) is 4.98 Å². The molecule has 0 aliphatic carbocycles. The lowest BCUT2D eigenvalue weighted by molar-refractivity contribution is -0.140. The SMILES string of the molecule is COc1cc(C)c(/C(O)=C2\C(=O)C(=O)N(Cc3ccco3)C2c2ccncc2)cc1C. The number of hydrogen-bond donors (Lipinski definition) is 1. The van der Waals surface area contributed by atoms with E-state index in [9.17, 15) is 14.7 Å². The number of aromatic nitrogens is 1. The van der Waals surface area contributed by atoms with E-state index < -0.39 is 17.7 Å². The zero-order valence-electron chi connectivity index (χ0n) is 17.5. The number of aryl methyl sites for hydroxylation is 2. The average molecular weight is 418 g/mol. The van der Waals surface area contributed by atoms with E-state index in [0.717, 1.165) is 11.1 Å².